The van der Waals surface area contributed by atoms with Gasteiger partial charge in [-0.05, 0) is 19.3 Å². The summed E-state index contributed by atoms with van der Waals surface area (Å²) >= 11 is 0. The minimum atomic E-state index is 0.0891. The average Bonchev–Trinajstić information content (AvgIpc) is 2.16. The molecule has 1 fully saturated rings. The highest BCUT2D eigenvalue weighted by atomic mass is 16.3. The van der Waals surface area contributed by atoms with Gasteiger partial charge < -0.3 is 10.0 Å². The quantitative estimate of drug-likeness (QED) is 0.666. The van der Waals surface area contributed by atoms with E-state index in [0.29, 0.717) is 6.42 Å². The number of hydrogen-bond acceptors (Lipinski definition) is 2. The third-order valence-electron chi connectivity index (χ3n) is 2.46. The standard InChI is InChI=1S/C9H17NO2/c1-2-9(12)10-6-4-3-5-8(10)7-11/h8,11H,2-7H2,1H3/t8-/m1/s1. The third-order valence-corrected chi connectivity index (χ3v) is 2.46. The van der Waals surface area contributed by atoms with Crippen LogP contribution in [0.1, 0.15) is 32.6 Å². The van der Waals surface area contributed by atoms with Gasteiger partial charge in [0.05, 0.1) is 12.6 Å². The molecule has 12 heavy (non-hydrogen) atoms. The Morgan fingerprint density at radius 2 is 2.33 bits per heavy atom. The van der Waals surface area contributed by atoms with Crippen molar-refractivity contribution < 1.29 is 9.90 Å². The van der Waals surface area contributed by atoms with Crippen molar-refractivity contribution in [3.8, 4) is 0 Å². The van der Waals surface area contributed by atoms with Gasteiger partial charge in [0.15, 0.2) is 0 Å². The molecule has 0 unspecified atom stereocenters. The minimum absolute atomic E-state index is 0.0891. The number of likely N-dealkylation sites (tertiary alicyclic amines) is 1. The predicted octanol–water partition coefficient (Wildman–Crippen LogP) is 0.770. The van der Waals surface area contributed by atoms with Crippen LogP contribution in [0.4, 0.5) is 0 Å². The molecule has 0 bridgehead atoms. The van der Waals surface area contributed by atoms with Gasteiger partial charge in [0.2, 0.25) is 5.91 Å². The second-order valence-corrected chi connectivity index (χ2v) is 3.27. The average molecular weight is 171 g/mol. The Morgan fingerprint density at radius 3 is 2.92 bits per heavy atom. The van der Waals surface area contributed by atoms with E-state index in [0.717, 1.165) is 25.8 Å². The smallest absolute Gasteiger partial charge is 0.222 e. The van der Waals surface area contributed by atoms with E-state index in [1.54, 1.807) is 0 Å². The van der Waals surface area contributed by atoms with Crippen molar-refractivity contribution >= 4 is 5.91 Å². The normalized spacial score (nSPS) is 24.2. The number of carbonyl (C=O) groups is 1. The van der Waals surface area contributed by atoms with Gasteiger partial charge in [-0.1, -0.05) is 6.92 Å². The minimum Gasteiger partial charge on any atom is -0.394 e. The lowest BCUT2D eigenvalue weighted by Crippen LogP contribution is -2.45. The van der Waals surface area contributed by atoms with Crippen LogP contribution >= 0.6 is 0 Å². The first-order chi connectivity index (χ1) is 5.79. The molecule has 1 N–H and O–H groups in total. The maximum Gasteiger partial charge on any atom is 0.222 e. The predicted molar refractivity (Wildman–Crippen MR) is 46.7 cm³/mol. The molecule has 0 aromatic heterocycles. The summed E-state index contributed by atoms with van der Waals surface area (Å²) < 4.78 is 0. The first kappa shape index (κ1) is 9.52. The molecule has 3 nitrogen and oxygen atoms in total. The molecule has 1 aliphatic heterocycles. The molecule has 0 aromatic rings. The monoisotopic (exact) mass is 171 g/mol. The Labute approximate surface area is 73.4 Å². The molecule has 0 aliphatic carbocycles. The van der Waals surface area contributed by atoms with Crippen LogP contribution in [-0.4, -0.2) is 35.1 Å². The second kappa shape index (κ2) is 4.45. The van der Waals surface area contributed by atoms with Gasteiger partial charge in [-0.15, -0.1) is 0 Å². The zero-order valence-corrected chi connectivity index (χ0v) is 7.62. The zero-order chi connectivity index (χ0) is 8.97. The molecule has 1 rings (SSSR count). The van der Waals surface area contributed by atoms with Crippen LogP contribution in [0.2, 0.25) is 0 Å². The Kier molecular flexibility index (Phi) is 3.53. The Bertz CT molecular complexity index is 159. The van der Waals surface area contributed by atoms with E-state index in [2.05, 4.69) is 0 Å². The van der Waals surface area contributed by atoms with E-state index >= 15 is 0 Å². The topological polar surface area (TPSA) is 40.5 Å². The Balaban J connectivity index is 2.52. The van der Waals surface area contributed by atoms with Gasteiger partial charge in [0.1, 0.15) is 0 Å². The van der Waals surface area contributed by atoms with E-state index in [4.69, 9.17) is 5.11 Å². The fourth-order valence-electron chi connectivity index (χ4n) is 1.72. The van der Waals surface area contributed by atoms with Crippen molar-refractivity contribution in [2.24, 2.45) is 0 Å². The lowest BCUT2D eigenvalue weighted by atomic mass is 10.0. The summed E-state index contributed by atoms with van der Waals surface area (Å²) in [6.07, 6.45) is 3.74. The first-order valence-corrected chi connectivity index (χ1v) is 4.70. The molecular weight excluding hydrogens is 154 g/mol. The molecule has 3 heteroatoms. The van der Waals surface area contributed by atoms with Crippen LogP contribution in [-0.2, 0) is 4.79 Å². The number of carbonyl (C=O) groups excluding carboxylic acids is 1. The molecule has 1 heterocycles. The molecule has 1 amide bonds. The highest BCUT2D eigenvalue weighted by molar-refractivity contribution is 5.76. The number of amides is 1. The number of aliphatic hydroxyl groups excluding tert-OH is 1. The summed E-state index contributed by atoms with van der Waals surface area (Å²) in [6, 6.07) is 0.0891. The molecule has 0 aromatic carbocycles. The van der Waals surface area contributed by atoms with Gasteiger partial charge in [0.25, 0.3) is 0 Å². The van der Waals surface area contributed by atoms with Gasteiger partial charge in [0, 0.05) is 13.0 Å². The van der Waals surface area contributed by atoms with Crippen molar-refractivity contribution in [1.29, 1.82) is 0 Å². The summed E-state index contributed by atoms with van der Waals surface area (Å²) in [4.78, 5) is 13.2. The fraction of sp³-hybridized carbons (Fsp3) is 0.889. The number of piperidine rings is 1. The summed E-state index contributed by atoms with van der Waals surface area (Å²) in [7, 11) is 0. The van der Waals surface area contributed by atoms with E-state index in [9.17, 15) is 4.79 Å². The number of hydrogen-bond donors (Lipinski definition) is 1. The molecule has 0 spiro atoms. The summed E-state index contributed by atoms with van der Waals surface area (Å²) in [5, 5.41) is 9.01. The van der Waals surface area contributed by atoms with E-state index in [1.807, 2.05) is 11.8 Å². The van der Waals surface area contributed by atoms with Crippen molar-refractivity contribution in [2.75, 3.05) is 13.2 Å². The molecule has 0 saturated carbocycles. The summed E-state index contributed by atoms with van der Waals surface area (Å²) in [6.45, 7) is 2.81. The van der Waals surface area contributed by atoms with Crippen molar-refractivity contribution in [2.45, 2.75) is 38.6 Å². The highest BCUT2D eigenvalue weighted by Gasteiger charge is 2.24. The third kappa shape index (κ3) is 1.97. The van der Waals surface area contributed by atoms with Gasteiger partial charge in [-0.3, -0.25) is 4.79 Å². The van der Waals surface area contributed by atoms with Crippen LogP contribution in [0, 0.1) is 0 Å². The lowest BCUT2D eigenvalue weighted by Gasteiger charge is -2.34. The molecule has 1 aliphatic rings. The Hall–Kier alpha value is -0.570. The molecule has 1 atom stereocenters. The van der Waals surface area contributed by atoms with E-state index in [1.165, 1.54) is 0 Å². The molecular formula is C9H17NO2. The maximum atomic E-state index is 11.4. The van der Waals surface area contributed by atoms with Crippen LogP contribution in [0.5, 0.6) is 0 Å². The van der Waals surface area contributed by atoms with Crippen LogP contribution < -0.4 is 0 Å². The number of aliphatic hydroxyl groups is 1. The maximum absolute atomic E-state index is 11.4. The zero-order valence-electron chi connectivity index (χ0n) is 7.62. The van der Waals surface area contributed by atoms with Crippen molar-refractivity contribution in [3.05, 3.63) is 0 Å². The van der Waals surface area contributed by atoms with Gasteiger partial charge in [-0.25, -0.2) is 0 Å². The number of rotatable bonds is 2. The van der Waals surface area contributed by atoms with E-state index < -0.39 is 0 Å². The molecule has 0 radical (unpaired) electrons. The van der Waals surface area contributed by atoms with E-state index in [-0.39, 0.29) is 18.6 Å². The highest BCUT2D eigenvalue weighted by Crippen LogP contribution is 2.17. The molecule has 1 saturated heterocycles. The fourth-order valence-corrected chi connectivity index (χ4v) is 1.72. The van der Waals surface area contributed by atoms with Crippen LogP contribution in [0.15, 0.2) is 0 Å². The van der Waals surface area contributed by atoms with Crippen LogP contribution in [0.3, 0.4) is 0 Å². The van der Waals surface area contributed by atoms with Crippen molar-refractivity contribution in [3.63, 3.8) is 0 Å². The van der Waals surface area contributed by atoms with Crippen molar-refractivity contribution in [1.82, 2.24) is 4.90 Å². The molecule has 70 valence electrons. The number of nitrogens with zero attached hydrogens (tertiary/aromatic N) is 1. The lowest BCUT2D eigenvalue weighted by molar-refractivity contribution is -0.135. The van der Waals surface area contributed by atoms with Gasteiger partial charge >= 0.3 is 0 Å². The first-order valence-electron chi connectivity index (χ1n) is 4.70. The second-order valence-electron chi connectivity index (χ2n) is 3.27. The van der Waals surface area contributed by atoms with Crippen LogP contribution in [0.25, 0.3) is 0 Å². The summed E-state index contributed by atoms with van der Waals surface area (Å²) in [5.74, 6) is 0.175. The van der Waals surface area contributed by atoms with Gasteiger partial charge in [-0.2, -0.15) is 0 Å². The SMILES string of the molecule is CCC(=O)N1CCCC[C@@H]1CO. The summed E-state index contributed by atoms with van der Waals surface area (Å²) in [5.41, 5.74) is 0. The Morgan fingerprint density at radius 1 is 1.58 bits per heavy atom. The largest absolute Gasteiger partial charge is 0.394 e.